The second kappa shape index (κ2) is 13.6. The standard InChI is InChI=1S/C28H24Cl2N6O5S2/c1-2-40-34-19(23-33-28(31)43-35-23)24(37)32-20-25(38)36-21(17(13-18(29)30)14-42-26(20)36)27(39)41-22(15-9-5-3-6-10-15)16-11-7-4-8-12-16/h3-13,20,22,26H,2,14H2,1H3,(H,32,37)(H2,31,33,35)/t20?,26-/m1/s1. The first-order valence-electron chi connectivity index (χ1n) is 12.9. The summed E-state index contributed by atoms with van der Waals surface area (Å²) in [5.74, 6) is -1.79. The van der Waals surface area contributed by atoms with Crippen LogP contribution in [0.25, 0.3) is 0 Å². The number of nitrogens with two attached hydrogens (primary N) is 1. The lowest BCUT2D eigenvalue weighted by Crippen LogP contribution is -2.71. The van der Waals surface area contributed by atoms with E-state index in [1.807, 2.05) is 60.7 Å². The lowest BCUT2D eigenvalue weighted by Gasteiger charge is -2.49. The van der Waals surface area contributed by atoms with Crippen molar-refractivity contribution in [3.8, 4) is 0 Å². The van der Waals surface area contributed by atoms with Crippen LogP contribution in [0, 0.1) is 0 Å². The van der Waals surface area contributed by atoms with Crippen LogP contribution < -0.4 is 11.1 Å². The smallest absolute Gasteiger partial charge is 0.356 e. The predicted octanol–water partition coefficient (Wildman–Crippen LogP) is 4.17. The van der Waals surface area contributed by atoms with Crippen LogP contribution in [0.1, 0.15) is 30.0 Å². The molecule has 1 saturated heterocycles. The minimum Gasteiger partial charge on any atom is -0.448 e. The monoisotopic (exact) mass is 658 g/mol. The molecule has 2 aliphatic rings. The molecule has 0 radical (unpaired) electrons. The molecular formula is C28H24Cl2N6O5S2. The Hall–Kier alpha value is -3.91. The molecule has 1 fully saturated rings. The molecule has 0 bridgehead atoms. The number of nitrogen functional groups attached to an aromatic ring is 1. The number of β-lactam (4-membered cyclic amide) rings is 1. The Morgan fingerprint density at radius 2 is 1.81 bits per heavy atom. The summed E-state index contributed by atoms with van der Waals surface area (Å²) in [5.41, 5.74) is 7.33. The van der Waals surface area contributed by atoms with E-state index in [4.69, 9.17) is 38.5 Å². The van der Waals surface area contributed by atoms with E-state index < -0.39 is 35.3 Å². The van der Waals surface area contributed by atoms with Crippen LogP contribution in [0.3, 0.4) is 0 Å². The number of carbonyl (C=O) groups excluding carboxylic acids is 3. The summed E-state index contributed by atoms with van der Waals surface area (Å²) in [7, 11) is 0. The first-order chi connectivity index (χ1) is 20.8. The molecule has 15 heteroatoms. The molecule has 0 spiro atoms. The molecule has 2 atom stereocenters. The Labute approximate surface area is 264 Å². The number of nitrogens with one attached hydrogen (secondary N) is 1. The van der Waals surface area contributed by atoms with E-state index >= 15 is 0 Å². The molecule has 1 unspecified atom stereocenters. The largest absolute Gasteiger partial charge is 0.448 e. The second-order valence-electron chi connectivity index (χ2n) is 9.09. The third kappa shape index (κ3) is 6.69. The highest BCUT2D eigenvalue weighted by Gasteiger charge is 2.55. The maximum Gasteiger partial charge on any atom is 0.356 e. The molecule has 222 valence electrons. The van der Waals surface area contributed by atoms with E-state index in [0.717, 1.165) is 22.7 Å². The van der Waals surface area contributed by atoms with Gasteiger partial charge >= 0.3 is 5.97 Å². The van der Waals surface area contributed by atoms with Gasteiger partial charge in [0.15, 0.2) is 11.2 Å². The molecule has 2 amide bonds. The van der Waals surface area contributed by atoms with Gasteiger partial charge in [-0.3, -0.25) is 14.5 Å². The quantitative estimate of drug-likeness (QED) is 0.142. The highest BCUT2D eigenvalue weighted by molar-refractivity contribution is 8.00. The molecule has 1 aromatic heterocycles. The van der Waals surface area contributed by atoms with Gasteiger partial charge in [-0.25, -0.2) is 4.79 Å². The predicted molar refractivity (Wildman–Crippen MR) is 165 cm³/mol. The van der Waals surface area contributed by atoms with Crippen LogP contribution in [0.15, 0.2) is 87.7 Å². The molecule has 43 heavy (non-hydrogen) atoms. The van der Waals surface area contributed by atoms with E-state index in [1.54, 1.807) is 6.92 Å². The first-order valence-corrected chi connectivity index (χ1v) is 15.5. The van der Waals surface area contributed by atoms with Gasteiger partial charge in [0.2, 0.25) is 11.5 Å². The number of hydrogen-bond donors (Lipinski definition) is 2. The third-order valence-corrected chi connectivity index (χ3v) is 8.41. The number of fused-ring (bicyclic) bond motifs is 1. The average molecular weight is 660 g/mol. The molecule has 3 heterocycles. The summed E-state index contributed by atoms with van der Waals surface area (Å²) in [6, 6.07) is 17.5. The van der Waals surface area contributed by atoms with Crippen LogP contribution in [-0.2, 0) is 24.0 Å². The summed E-state index contributed by atoms with van der Waals surface area (Å²) in [5, 5.41) is 6.00. The number of rotatable bonds is 10. The van der Waals surface area contributed by atoms with Crippen molar-refractivity contribution in [3.05, 3.63) is 99.5 Å². The van der Waals surface area contributed by atoms with Crippen LogP contribution >= 0.6 is 46.5 Å². The number of carbonyl (C=O) groups is 3. The van der Waals surface area contributed by atoms with Crippen LogP contribution in [0.2, 0.25) is 0 Å². The van der Waals surface area contributed by atoms with Gasteiger partial charge in [-0.2, -0.15) is 9.36 Å². The van der Waals surface area contributed by atoms with Gasteiger partial charge in [-0.05, 0) is 29.7 Å². The van der Waals surface area contributed by atoms with Gasteiger partial charge in [-0.1, -0.05) is 89.0 Å². The van der Waals surface area contributed by atoms with Crippen molar-refractivity contribution >= 4 is 75.1 Å². The number of esters is 1. The van der Waals surface area contributed by atoms with Crippen molar-refractivity contribution in [2.75, 3.05) is 18.1 Å². The zero-order chi connectivity index (χ0) is 30.5. The lowest BCUT2D eigenvalue weighted by molar-refractivity contribution is -0.154. The highest BCUT2D eigenvalue weighted by atomic mass is 35.5. The molecule has 3 N–H and O–H groups in total. The number of halogens is 2. The molecule has 5 rings (SSSR count). The first kappa shape index (κ1) is 30.5. The minimum absolute atomic E-state index is 0.00735. The number of anilines is 1. The zero-order valence-corrected chi connectivity index (χ0v) is 25.6. The van der Waals surface area contributed by atoms with Crippen molar-refractivity contribution in [3.63, 3.8) is 0 Å². The van der Waals surface area contributed by atoms with Crippen molar-refractivity contribution < 1.29 is 24.0 Å². The summed E-state index contributed by atoms with van der Waals surface area (Å²) >= 11 is 14.2. The van der Waals surface area contributed by atoms with Crippen molar-refractivity contribution in [1.82, 2.24) is 19.6 Å². The van der Waals surface area contributed by atoms with E-state index in [0.29, 0.717) is 5.57 Å². The van der Waals surface area contributed by atoms with Gasteiger partial charge in [0.05, 0.1) is 0 Å². The fourth-order valence-electron chi connectivity index (χ4n) is 4.48. The molecule has 0 aliphatic carbocycles. The zero-order valence-electron chi connectivity index (χ0n) is 22.5. The number of ether oxygens (including phenoxy) is 1. The van der Waals surface area contributed by atoms with Gasteiger partial charge in [0.1, 0.15) is 28.2 Å². The molecule has 0 saturated carbocycles. The van der Waals surface area contributed by atoms with Gasteiger partial charge in [0.25, 0.3) is 11.8 Å². The van der Waals surface area contributed by atoms with Gasteiger partial charge < -0.3 is 20.6 Å². The van der Waals surface area contributed by atoms with Gasteiger partial charge in [0, 0.05) is 17.3 Å². The lowest BCUT2D eigenvalue weighted by atomic mass is 10.0. The Morgan fingerprint density at radius 1 is 1.16 bits per heavy atom. The average Bonchev–Trinajstić information content (AvgIpc) is 3.44. The minimum atomic E-state index is -0.987. The van der Waals surface area contributed by atoms with Crippen molar-refractivity contribution in [2.24, 2.45) is 5.16 Å². The second-order valence-corrected chi connectivity index (χ2v) is 12.0. The maximum atomic E-state index is 13.9. The molecule has 11 nitrogen and oxygen atoms in total. The molecule has 3 aromatic rings. The number of hydrogen-bond acceptors (Lipinski definition) is 11. The Bertz CT molecular complexity index is 1570. The van der Waals surface area contributed by atoms with Crippen LogP contribution in [0.4, 0.5) is 5.13 Å². The maximum absolute atomic E-state index is 13.9. The number of thioether (sulfide) groups is 1. The Morgan fingerprint density at radius 3 is 2.37 bits per heavy atom. The number of aromatic nitrogens is 2. The molecule has 2 aromatic carbocycles. The van der Waals surface area contributed by atoms with E-state index in [9.17, 15) is 14.4 Å². The van der Waals surface area contributed by atoms with Crippen LogP contribution in [0.5, 0.6) is 0 Å². The number of allylic oxidation sites excluding steroid dienone is 1. The van der Waals surface area contributed by atoms with Crippen molar-refractivity contribution in [2.45, 2.75) is 24.4 Å². The summed E-state index contributed by atoms with van der Waals surface area (Å²) in [6.07, 6.45) is 0.655. The third-order valence-electron chi connectivity index (χ3n) is 6.34. The Balaban J connectivity index is 1.42. The number of amides is 2. The van der Waals surface area contributed by atoms with E-state index in [1.165, 1.54) is 22.7 Å². The van der Waals surface area contributed by atoms with Crippen LogP contribution in [-0.4, -0.2) is 61.5 Å². The summed E-state index contributed by atoms with van der Waals surface area (Å²) in [6.45, 7) is 1.88. The fraction of sp³-hybridized carbons (Fsp3) is 0.214. The highest BCUT2D eigenvalue weighted by Crippen LogP contribution is 2.42. The summed E-state index contributed by atoms with van der Waals surface area (Å²) < 4.78 is 10.0. The summed E-state index contributed by atoms with van der Waals surface area (Å²) in [4.78, 5) is 51.0. The van der Waals surface area contributed by atoms with Gasteiger partial charge in [-0.15, -0.1) is 11.8 Å². The molecular weight excluding hydrogens is 635 g/mol. The topological polar surface area (TPSA) is 149 Å². The Kier molecular flexibility index (Phi) is 9.65. The molecule has 2 aliphatic heterocycles. The van der Waals surface area contributed by atoms with Crippen molar-refractivity contribution in [1.29, 1.82) is 0 Å². The fourth-order valence-corrected chi connectivity index (χ4v) is 6.48. The normalized spacial score (nSPS) is 18.1. The SMILES string of the molecule is CCON=C(C(=O)NC1C(=O)N2C(C(=O)OC(c3ccccc3)c3ccccc3)=C(C=C(Cl)Cl)CS[C@H]12)c1nsc(N)n1. The number of nitrogens with zero attached hydrogens (tertiary/aromatic N) is 4. The van der Waals surface area contributed by atoms with E-state index in [2.05, 4.69) is 19.8 Å². The van der Waals surface area contributed by atoms with E-state index in [-0.39, 0.29) is 39.2 Å². The number of oxime groups is 1. The number of benzene rings is 2.